The Morgan fingerprint density at radius 2 is 2.28 bits per heavy atom. The van der Waals surface area contributed by atoms with Crippen LogP contribution in [0.4, 0.5) is 0 Å². The normalized spacial score (nSPS) is 24.2. The number of aliphatic hydroxyl groups excluding tert-OH is 1. The number of hydrogen-bond acceptors (Lipinski definition) is 4. The fraction of sp³-hybridized carbons (Fsp3) is 0.500. The highest BCUT2D eigenvalue weighted by molar-refractivity contribution is 9.10. The minimum Gasteiger partial charge on any atom is -0.463 e. The highest BCUT2D eigenvalue weighted by atomic mass is 79.9. The van der Waals surface area contributed by atoms with E-state index in [0.29, 0.717) is 27.9 Å². The first-order valence-corrected chi connectivity index (χ1v) is 6.70. The van der Waals surface area contributed by atoms with Gasteiger partial charge in [-0.05, 0) is 40.4 Å². The van der Waals surface area contributed by atoms with Crippen molar-refractivity contribution in [3.8, 4) is 0 Å². The third-order valence-corrected chi connectivity index (χ3v) is 4.04. The predicted octanol–water partition coefficient (Wildman–Crippen LogP) is 2.38. The van der Waals surface area contributed by atoms with E-state index in [0.717, 1.165) is 5.76 Å². The van der Waals surface area contributed by atoms with Crippen molar-refractivity contribution in [3.63, 3.8) is 0 Å². The fourth-order valence-electron chi connectivity index (χ4n) is 2.20. The first-order chi connectivity index (χ1) is 8.58. The van der Waals surface area contributed by atoms with Gasteiger partial charge in [0, 0.05) is 13.0 Å². The van der Waals surface area contributed by atoms with E-state index >= 15 is 0 Å². The summed E-state index contributed by atoms with van der Waals surface area (Å²) in [6, 6.07) is 3.77. The minimum absolute atomic E-state index is 0.513. The largest absolute Gasteiger partial charge is 0.463 e. The molecular weight excluding hydrogens is 298 g/mol. The molecule has 0 spiro atoms. The molecule has 96 valence electrons. The molecular formula is C12H14BrN3O2. The number of hydrogen-bond donors (Lipinski definition) is 1. The molecule has 0 aliphatic heterocycles. The van der Waals surface area contributed by atoms with Crippen LogP contribution in [0.25, 0.3) is 0 Å². The van der Waals surface area contributed by atoms with Gasteiger partial charge in [-0.15, -0.1) is 5.10 Å². The zero-order valence-electron chi connectivity index (χ0n) is 10.2. The van der Waals surface area contributed by atoms with E-state index < -0.39 is 6.10 Å². The summed E-state index contributed by atoms with van der Waals surface area (Å²) >= 11 is 3.28. The summed E-state index contributed by atoms with van der Waals surface area (Å²) in [5.41, 5.74) is 0.597. The Kier molecular flexibility index (Phi) is 2.79. The zero-order valence-corrected chi connectivity index (χ0v) is 11.8. The Bertz CT molecular complexity index is 558. The summed E-state index contributed by atoms with van der Waals surface area (Å²) in [6.45, 7) is 2.20. The second-order valence-electron chi connectivity index (χ2n) is 4.85. The summed E-state index contributed by atoms with van der Waals surface area (Å²) in [6.07, 6.45) is 0.321. The SMILES string of the molecule is CC1CC1c1ccc(C(O)c2c(Br)nnn2C)o1. The van der Waals surface area contributed by atoms with Crippen LogP contribution in [0.2, 0.25) is 0 Å². The molecule has 0 bridgehead atoms. The Morgan fingerprint density at radius 1 is 1.56 bits per heavy atom. The topological polar surface area (TPSA) is 64.1 Å². The van der Waals surface area contributed by atoms with Crippen molar-refractivity contribution in [1.29, 1.82) is 0 Å². The lowest BCUT2D eigenvalue weighted by atomic mass is 10.2. The second kappa shape index (κ2) is 4.20. The lowest BCUT2D eigenvalue weighted by molar-refractivity contribution is 0.177. The van der Waals surface area contributed by atoms with Crippen LogP contribution >= 0.6 is 15.9 Å². The van der Waals surface area contributed by atoms with Crippen LogP contribution in [0.1, 0.15) is 42.6 Å². The molecule has 1 saturated carbocycles. The summed E-state index contributed by atoms with van der Waals surface area (Å²) in [4.78, 5) is 0. The number of nitrogens with zero attached hydrogens (tertiary/aromatic N) is 3. The maximum atomic E-state index is 10.3. The average Bonchev–Trinajstić information content (AvgIpc) is 2.78. The molecule has 2 aromatic rings. The summed E-state index contributed by atoms with van der Waals surface area (Å²) in [5.74, 6) is 2.70. The number of furan rings is 1. The molecule has 6 heteroatoms. The van der Waals surface area contributed by atoms with Gasteiger partial charge < -0.3 is 9.52 Å². The maximum Gasteiger partial charge on any atom is 0.156 e. The van der Waals surface area contributed by atoms with Crippen LogP contribution < -0.4 is 0 Å². The van der Waals surface area contributed by atoms with Crippen LogP contribution in [-0.4, -0.2) is 20.1 Å². The Hall–Kier alpha value is -1.14. The van der Waals surface area contributed by atoms with Gasteiger partial charge in [-0.25, -0.2) is 4.68 Å². The summed E-state index contributed by atoms with van der Waals surface area (Å²) < 4.78 is 7.81. The molecule has 0 saturated heterocycles. The van der Waals surface area contributed by atoms with Gasteiger partial charge in [0.1, 0.15) is 17.2 Å². The standard InChI is InChI=1S/C12H14BrN3O2/c1-6-5-7(6)8-3-4-9(18-8)11(17)10-12(13)14-15-16(10)2/h3-4,6-7,11,17H,5H2,1-2H3. The van der Waals surface area contributed by atoms with Crippen molar-refractivity contribution in [2.75, 3.05) is 0 Å². The van der Waals surface area contributed by atoms with Crippen LogP contribution in [0, 0.1) is 5.92 Å². The van der Waals surface area contributed by atoms with Crippen molar-refractivity contribution in [2.24, 2.45) is 13.0 Å². The van der Waals surface area contributed by atoms with Gasteiger partial charge in [0.05, 0.1) is 0 Å². The molecule has 1 aliphatic rings. The van der Waals surface area contributed by atoms with Gasteiger partial charge in [-0.3, -0.25) is 0 Å². The van der Waals surface area contributed by atoms with E-state index in [1.54, 1.807) is 7.05 Å². The molecule has 3 atom stereocenters. The van der Waals surface area contributed by atoms with E-state index in [2.05, 4.69) is 33.2 Å². The Labute approximate surface area is 113 Å². The molecule has 1 fully saturated rings. The first-order valence-electron chi connectivity index (χ1n) is 5.90. The highest BCUT2D eigenvalue weighted by Crippen LogP contribution is 2.47. The van der Waals surface area contributed by atoms with Crippen molar-refractivity contribution in [3.05, 3.63) is 34.0 Å². The van der Waals surface area contributed by atoms with Crippen molar-refractivity contribution in [1.82, 2.24) is 15.0 Å². The van der Waals surface area contributed by atoms with Crippen LogP contribution in [0.5, 0.6) is 0 Å². The van der Waals surface area contributed by atoms with E-state index in [4.69, 9.17) is 4.42 Å². The van der Waals surface area contributed by atoms with Gasteiger partial charge in [-0.1, -0.05) is 12.1 Å². The number of halogens is 1. The first kappa shape index (κ1) is 11.9. The minimum atomic E-state index is -0.845. The number of aryl methyl sites for hydroxylation is 1. The summed E-state index contributed by atoms with van der Waals surface area (Å²) in [5, 5.41) is 18.0. The van der Waals surface area contributed by atoms with Gasteiger partial charge in [0.25, 0.3) is 0 Å². The maximum absolute atomic E-state index is 10.3. The molecule has 2 aromatic heterocycles. The monoisotopic (exact) mass is 311 g/mol. The number of aliphatic hydroxyl groups is 1. The van der Waals surface area contributed by atoms with Crippen molar-refractivity contribution >= 4 is 15.9 Å². The molecule has 1 aliphatic carbocycles. The summed E-state index contributed by atoms with van der Waals surface area (Å²) in [7, 11) is 1.74. The second-order valence-corrected chi connectivity index (χ2v) is 5.60. The fourth-order valence-corrected chi connectivity index (χ4v) is 2.74. The van der Waals surface area contributed by atoms with Gasteiger partial charge in [0.2, 0.25) is 0 Å². The van der Waals surface area contributed by atoms with E-state index in [1.165, 1.54) is 11.1 Å². The molecule has 0 radical (unpaired) electrons. The lowest BCUT2D eigenvalue weighted by Gasteiger charge is -2.07. The van der Waals surface area contributed by atoms with Crippen LogP contribution in [-0.2, 0) is 7.05 Å². The molecule has 0 amide bonds. The number of aromatic nitrogens is 3. The molecule has 18 heavy (non-hydrogen) atoms. The molecule has 0 aromatic carbocycles. The smallest absolute Gasteiger partial charge is 0.156 e. The molecule has 3 rings (SSSR count). The third-order valence-electron chi connectivity index (χ3n) is 3.48. The number of rotatable bonds is 3. The zero-order chi connectivity index (χ0) is 12.9. The Balaban J connectivity index is 1.88. The van der Waals surface area contributed by atoms with E-state index in [1.807, 2.05) is 12.1 Å². The van der Waals surface area contributed by atoms with Crippen molar-refractivity contribution < 1.29 is 9.52 Å². The van der Waals surface area contributed by atoms with Gasteiger partial charge in [0.15, 0.2) is 10.7 Å². The van der Waals surface area contributed by atoms with Gasteiger partial charge >= 0.3 is 0 Å². The van der Waals surface area contributed by atoms with E-state index in [9.17, 15) is 5.11 Å². The molecule has 5 nitrogen and oxygen atoms in total. The van der Waals surface area contributed by atoms with Crippen LogP contribution in [0.3, 0.4) is 0 Å². The van der Waals surface area contributed by atoms with Crippen molar-refractivity contribution in [2.45, 2.75) is 25.4 Å². The quantitative estimate of drug-likeness (QED) is 0.945. The van der Waals surface area contributed by atoms with Gasteiger partial charge in [-0.2, -0.15) is 0 Å². The highest BCUT2D eigenvalue weighted by Gasteiger charge is 2.37. The lowest BCUT2D eigenvalue weighted by Crippen LogP contribution is -2.06. The molecule has 1 N–H and O–H groups in total. The predicted molar refractivity (Wildman–Crippen MR) is 68.0 cm³/mol. The molecule has 2 heterocycles. The third kappa shape index (κ3) is 1.89. The van der Waals surface area contributed by atoms with Crippen LogP contribution in [0.15, 0.2) is 21.2 Å². The Morgan fingerprint density at radius 3 is 2.83 bits per heavy atom. The van der Waals surface area contributed by atoms with E-state index in [-0.39, 0.29) is 0 Å². The molecule has 3 unspecified atom stereocenters. The average molecular weight is 312 g/mol.